The van der Waals surface area contributed by atoms with Crippen molar-refractivity contribution >= 4 is 39.5 Å². The molecule has 0 aliphatic heterocycles. The van der Waals surface area contributed by atoms with Gasteiger partial charge in [-0.15, -0.1) is 0 Å². The second-order valence-corrected chi connectivity index (χ2v) is 33.0. The number of carbonyl (C=O) groups excluding carboxylic acids is 4. The van der Waals surface area contributed by atoms with Gasteiger partial charge in [0.25, 0.3) is 0 Å². The molecular formula is C81H158O17P2. The van der Waals surface area contributed by atoms with E-state index in [1.54, 1.807) is 0 Å². The zero-order chi connectivity index (χ0) is 73.5. The van der Waals surface area contributed by atoms with Gasteiger partial charge in [-0.05, 0) is 37.5 Å². The Hall–Kier alpha value is -1.94. The van der Waals surface area contributed by atoms with Crippen molar-refractivity contribution in [2.45, 2.75) is 445 Å². The fraction of sp³-hybridized carbons (Fsp3) is 0.951. The first-order chi connectivity index (χ1) is 48.4. The second kappa shape index (κ2) is 72.6. The summed E-state index contributed by atoms with van der Waals surface area (Å²) in [5, 5.41) is 10.6. The number of carbonyl (C=O) groups is 4. The fourth-order valence-corrected chi connectivity index (χ4v) is 14.1. The zero-order valence-electron chi connectivity index (χ0n) is 65.5. The lowest BCUT2D eigenvalue weighted by Crippen LogP contribution is -2.30. The van der Waals surface area contributed by atoms with Crippen LogP contribution in [0.1, 0.15) is 427 Å². The molecule has 5 atom stereocenters. The van der Waals surface area contributed by atoms with E-state index in [4.69, 9.17) is 37.0 Å². The van der Waals surface area contributed by atoms with Gasteiger partial charge in [0.05, 0.1) is 26.4 Å². The second-order valence-electron chi connectivity index (χ2n) is 30.1. The van der Waals surface area contributed by atoms with E-state index in [0.717, 1.165) is 102 Å². The van der Waals surface area contributed by atoms with Gasteiger partial charge in [-0.25, -0.2) is 9.13 Å². The van der Waals surface area contributed by atoms with Gasteiger partial charge in [-0.3, -0.25) is 37.3 Å². The molecule has 0 saturated carbocycles. The van der Waals surface area contributed by atoms with E-state index < -0.39 is 97.5 Å². The standard InChI is InChI=1S/C81H158O17P2/c1-7-9-11-13-15-17-19-21-22-23-24-25-26-28-34-41-47-53-59-65-80(85)97-76(69-92-79(84)64-58-52-46-40-33-30-29-31-37-43-49-55-61-73(3)4)71-95-99(87,88)93-67-75(82)68-94-100(89,90)96-72-77(98-81(86)66-60-54-48-42-36-35-38-44-50-56-62-74(5)6)70-91-78(83)63-57-51-45-39-32-27-20-18-16-14-12-10-8-2/h73-77,82H,7-72H2,1-6H3,(H,87,88)(H,89,90)/t75-,76-,77-/m1/s1. The van der Waals surface area contributed by atoms with Crippen LogP contribution in [0.15, 0.2) is 0 Å². The molecule has 2 unspecified atom stereocenters. The van der Waals surface area contributed by atoms with Gasteiger partial charge >= 0.3 is 39.5 Å². The van der Waals surface area contributed by atoms with Crippen LogP contribution in [0.2, 0.25) is 0 Å². The highest BCUT2D eigenvalue weighted by molar-refractivity contribution is 7.47. The molecule has 594 valence electrons. The molecular weight excluding hydrogens is 1310 g/mol. The zero-order valence-corrected chi connectivity index (χ0v) is 67.3. The first kappa shape index (κ1) is 98.1. The lowest BCUT2D eigenvalue weighted by atomic mass is 10.0. The molecule has 0 radical (unpaired) electrons. The van der Waals surface area contributed by atoms with Crippen molar-refractivity contribution < 1.29 is 80.2 Å². The number of hydrogen-bond acceptors (Lipinski definition) is 15. The number of esters is 4. The molecule has 100 heavy (non-hydrogen) atoms. The molecule has 0 spiro atoms. The Labute approximate surface area is 613 Å². The number of aliphatic hydroxyl groups is 1. The van der Waals surface area contributed by atoms with E-state index in [9.17, 15) is 43.2 Å². The molecule has 0 rings (SSSR count). The average Bonchev–Trinajstić information content (AvgIpc) is 0.965. The van der Waals surface area contributed by atoms with Crippen molar-refractivity contribution in [3.8, 4) is 0 Å². The van der Waals surface area contributed by atoms with E-state index in [1.807, 2.05) is 0 Å². The van der Waals surface area contributed by atoms with Crippen LogP contribution in [0.25, 0.3) is 0 Å². The molecule has 0 bridgehead atoms. The molecule has 0 aliphatic carbocycles. The Balaban J connectivity index is 5.25. The molecule has 0 saturated heterocycles. The van der Waals surface area contributed by atoms with Crippen molar-refractivity contribution in [3.05, 3.63) is 0 Å². The molecule has 19 heteroatoms. The Morgan fingerprint density at radius 3 is 0.680 bits per heavy atom. The number of phosphoric ester groups is 2. The molecule has 0 aromatic heterocycles. The lowest BCUT2D eigenvalue weighted by molar-refractivity contribution is -0.161. The fourth-order valence-electron chi connectivity index (χ4n) is 12.5. The summed E-state index contributed by atoms with van der Waals surface area (Å²) in [5.41, 5.74) is 0. The van der Waals surface area contributed by atoms with Gasteiger partial charge in [0.15, 0.2) is 12.2 Å². The highest BCUT2D eigenvalue weighted by Gasteiger charge is 2.30. The molecule has 0 fully saturated rings. The van der Waals surface area contributed by atoms with Crippen LogP contribution in [0, 0.1) is 11.8 Å². The summed E-state index contributed by atoms with van der Waals surface area (Å²) in [4.78, 5) is 73.1. The predicted octanol–water partition coefficient (Wildman–Crippen LogP) is 24.3. The van der Waals surface area contributed by atoms with Gasteiger partial charge < -0.3 is 33.8 Å². The number of ether oxygens (including phenoxy) is 4. The number of aliphatic hydroxyl groups excluding tert-OH is 1. The van der Waals surface area contributed by atoms with Gasteiger partial charge in [-0.2, -0.15) is 0 Å². The monoisotopic (exact) mass is 1470 g/mol. The summed E-state index contributed by atoms with van der Waals surface area (Å²) in [5.74, 6) is -0.573. The smallest absolute Gasteiger partial charge is 0.462 e. The predicted molar refractivity (Wildman–Crippen MR) is 409 cm³/mol. The van der Waals surface area contributed by atoms with Gasteiger partial charge in [0.1, 0.15) is 19.3 Å². The van der Waals surface area contributed by atoms with Gasteiger partial charge in [-0.1, -0.05) is 375 Å². The Kier molecular flexibility index (Phi) is 71.2. The quantitative estimate of drug-likeness (QED) is 0.0222. The van der Waals surface area contributed by atoms with Crippen molar-refractivity contribution in [1.29, 1.82) is 0 Å². The average molecular weight is 1470 g/mol. The third kappa shape index (κ3) is 74.3. The van der Waals surface area contributed by atoms with Crippen LogP contribution >= 0.6 is 15.6 Å². The van der Waals surface area contributed by atoms with Crippen LogP contribution in [-0.4, -0.2) is 96.7 Å². The van der Waals surface area contributed by atoms with Gasteiger partial charge in [0, 0.05) is 25.7 Å². The maximum absolute atomic E-state index is 13.1. The van der Waals surface area contributed by atoms with Crippen LogP contribution in [0.4, 0.5) is 0 Å². The molecule has 0 heterocycles. The van der Waals surface area contributed by atoms with Crippen molar-refractivity contribution in [2.24, 2.45) is 11.8 Å². The van der Waals surface area contributed by atoms with E-state index in [-0.39, 0.29) is 25.7 Å². The Bertz CT molecular complexity index is 1920. The normalized spacial score (nSPS) is 13.9. The molecule has 17 nitrogen and oxygen atoms in total. The number of hydrogen-bond donors (Lipinski definition) is 3. The molecule has 0 amide bonds. The minimum Gasteiger partial charge on any atom is -0.462 e. The topological polar surface area (TPSA) is 237 Å². The Morgan fingerprint density at radius 1 is 0.270 bits per heavy atom. The summed E-state index contributed by atoms with van der Waals surface area (Å²) in [6.07, 6.45) is 62.3. The molecule has 0 aromatic rings. The first-order valence-corrected chi connectivity index (χ1v) is 45.0. The van der Waals surface area contributed by atoms with Crippen LogP contribution in [-0.2, 0) is 65.4 Å². The molecule has 3 N–H and O–H groups in total. The SMILES string of the molecule is CCCCCCCCCCCCCCCCCCCCCC(=O)O[C@H](COC(=O)CCCCCCCCCCCCCCC(C)C)COP(=O)(O)OC[C@@H](O)COP(=O)(O)OC[C@@H](COC(=O)CCCCCCCCCCCCCCC)OC(=O)CCCCCCCCCCCCC(C)C. The minimum absolute atomic E-state index is 0.107. The lowest BCUT2D eigenvalue weighted by Gasteiger charge is -2.21. The van der Waals surface area contributed by atoms with E-state index in [1.165, 1.54) is 244 Å². The summed E-state index contributed by atoms with van der Waals surface area (Å²) in [6.45, 7) is 9.64. The largest absolute Gasteiger partial charge is 0.472 e. The van der Waals surface area contributed by atoms with Crippen molar-refractivity contribution in [1.82, 2.24) is 0 Å². The van der Waals surface area contributed by atoms with Crippen molar-refractivity contribution in [2.75, 3.05) is 39.6 Å². The number of rotatable bonds is 80. The van der Waals surface area contributed by atoms with E-state index in [0.29, 0.717) is 25.7 Å². The highest BCUT2D eigenvalue weighted by Crippen LogP contribution is 2.45. The van der Waals surface area contributed by atoms with Crippen molar-refractivity contribution in [3.63, 3.8) is 0 Å². The number of phosphoric acid groups is 2. The highest BCUT2D eigenvalue weighted by atomic mass is 31.2. The Morgan fingerprint density at radius 2 is 0.460 bits per heavy atom. The van der Waals surface area contributed by atoms with E-state index in [2.05, 4.69) is 41.5 Å². The van der Waals surface area contributed by atoms with Crippen LogP contribution in [0.3, 0.4) is 0 Å². The first-order valence-electron chi connectivity index (χ1n) is 42.0. The summed E-state index contributed by atoms with van der Waals surface area (Å²) in [7, 11) is -9.92. The number of unbranched alkanes of at least 4 members (excludes halogenated alkanes) is 50. The third-order valence-corrected chi connectivity index (χ3v) is 20.9. The minimum atomic E-state index is -4.96. The molecule has 0 aromatic carbocycles. The third-order valence-electron chi connectivity index (χ3n) is 19.0. The van der Waals surface area contributed by atoms with Gasteiger partial charge in [0.2, 0.25) is 0 Å². The summed E-state index contributed by atoms with van der Waals surface area (Å²) >= 11 is 0. The summed E-state index contributed by atoms with van der Waals surface area (Å²) < 4.78 is 68.8. The van der Waals surface area contributed by atoms with Crippen LogP contribution < -0.4 is 0 Å². The molecule has 0 aliphatic rings. The maximum Gasteiger partial charge on any atom is 0.472 e. The summed E-state index contributed by atoms with van der Waals surface area (Å²) in [6, 6.07) is 0. The van der Waals surface area contributed by atoms with E-state index >= 15 is 0 Å². The van der Waals surface area contributed by atoms with Crippen LogP contribution in [0.5, 0.6) is 0 Å². The maximum atomic E-state index is 13.1.